The first-order chi connectivity index (χ1) is 21.5. The average Bonchev–Trinajstić information content (AvgIpc) is 2.99. The fourth-order valence-electron chi connectivity index (χ4n) is 5.03. The Morgan fingerprint density at radius 1 is 0.533 bits per heavy atom. The zero-order valence-corrected chi connectivity index (χ0v) is 23.9. The summed E-state index contributed by atoms with van der Waals surface area (Å²) in [5, 5.41) is 0. The molecule has 45 heavy (non-hydrogen) atoms. The minimum Gasteiger partial charge on any atom is -0.429 e. The van der Waals surface area contributed by atoms with Gasteiger partial charge in [-0.25, -0.2) is 26.3 Å². The van der Waals surface area contributed by atoms with Crippen LogP contribution in [-0.2, 0) is 12.5 Å². The highest BCUT2D eigenvalue weighted by molar-refractivity contribution is 5.72. The van der Waals surface area contributed by atoms with Crippen molar-refractivity contribution in [1.29, 1.82) is 0 Å². The molecule has 0 aliphatic rings. The predicted molar refractivity (Wildman–Crippen MR) is 157 cm³/mol. The van der Waals surface area contributed by atoms with E-state index in [0.717, 1.165) is 73.7 Å². The summed E-state index contributed by atoms with van der Waals surface area (Å²) in [6, 6.07) is 16.9. The second kappa shape index (κ2) is 13.1. The molecule has 0 saturated carbocycles. The van der Waals surface area contributed by atoms with Crippen LogP contribution in [0.4, 0.5) is 35.1 Å². The molecule has 0 amide bonds. The van der Waals surface area contributed by atoms with Crippen molar-refractivity contribution in [2.24, 2.45) is 0 Å². The minimum atomic E-state index is -4.19. The molecule has 5 aromatic rings. The largest absolute Gasteiger partial charge is 0.429 e. The van der Waals surface area contributed by atoms with Gasteiger partial charge in [-0.3, -0.25) is 0 Å². The smallest absolute Gasteiger partial charge is 0.429 e. The van der Waals surface area contributed by atoms with Gasteiger partial charge >= 0.3 is 6.11 Å². The summed E-state index contributed by atoms with van der Waals surface area (Å²) in [5.74, 6) is -7.95. The summed E-state index contributed by atoms with van der Waals surface area (Å²) in [7, 11) is 0. The molecule has 0 N–H and O–H groups in total. The molecule has 0 aromatic heterocycles. The van der Waals surface area contributed by atoms with Crippen LogP contribution in [-0.4, -0.2) is 0 Å². The van der Waals surface area contributed by atoms with Crippen LogP contribution in [0.15, 0.2) is 91.0 Å². The van der Waals surface area contributed by atoms with Gasteiger partial charge in [0.2, 0.25) is 0 Å². The maximum Gasteiger partial charge on any atom is 0.429 e. The number of ether oxygens (including phenoxy) is 1. The molecule has 0 bridgehead atoms. The van der Waals surface area contributed by atoms with Crippen molar-refractivity contribution >= 4 is 0 Å². The van der Waals surface area contributed by atoms with Crippen molar-refractivity contribution in [1.82, 2.24) is 0 Å². The Morgan fingerprint density at radius 3 is 1.78 bits per heavy atom. The van der Waals surface area contributed by atoms with Crippen LogP contribution in [0.2, 0.25) is 0 Å². The summed E-state index contributed by atoms with van der Waals surface area (Å²) in [6.07, 6.45) is -0.0237. The van der Waals surface area contributed by atoms with Gasteiger partial charge in [0.25, 0.3) is 0 Å². The highest BCUT2D eigenvalue weighted by Crippen LogP contribution is 2.38. The van der Waals surface area contributed by atoms with Crippen molar-refractivity contribution in [3.8, 4) is 39.1 Å². The highest BCUT2D eigenvalue weighted by atomic mass is 19.3. The average molecular weight is 627 g/mol. The van der Waals surface area contributed by atoms with Gasteiger partial charge in [-0.05, 0) is 89.2 Å². The summed E-state index contributed by atoms with van der Waals surface area (Å²) < 4.78 is 121. The second-order valence-electron chi connectivity index (χ2n) is 10.6. The third kappa shape index (κ3) is 7.03. The van der Waals surface area contributed by atoms with Crippen LogP contribution in [0.1, 0.15) is 37.3 Å². The van der Waals surface area contributed by atoms with Gasteiger partial charge in [-0.15, -0.1) is 0 Å². The Hall–Kier alpha value is -4.66. The molecule has 0 saturated heterocycles. The molecule has 0 unspecified atom stereocenters. The van der Waals surface area contributed by atoms with Crippen molar-refractivity contribution in [2.75, 3.05) is 0 Å². The zero-order chi connectivity index (χ0) is 32.3. The molecule has 1 nitrogen and oxygen atoms in total. The molecule has 5 rings (SSSR count). The van der Waals surface area contributed by atoms with Crippen LogP contribution in [0, 0.1) is 34.9 Å². The van der Waals surface area contributed by atoms with E-state index in [0.29, 0.717) is 29.3 Å². The Bertz CT molecular complexity index is 1810. The molecular weight excluding hydrogens is 600 g/mol. The second-order valence-corrected chi connectivity index (χ2v) is 10.6. The van der Waals surface area contributed by atoms with Crippen LogP contribution in [0.25, 0.3) is 33.4 Å². The van der Waals surface area contributed by atoms with E-state index < -0.39 is 57.9 Å². The number of aryl methyl sites for hydroxylation is 1. The fourth-order valence-corrected chi connectivity index (χ4v) is 5.03. The van der Waals surface area contributed by atoms with Crippen LogP contribution in [0.5, 0.6) is 5.75 Å². The van der Waals surface area contributed by atoms with Gasteiger partial charge in [0, 0.05) is 11.6 Å². The minimum absolute atomic E-state index is 0.280. The third-order valence-corrected chi connectivity index (χ3v) is 7.39. The summed E-state index contributed by atoms with van der Waals surface area (Å²) in [4.78, 5) is 0. The van der Waals surface area contributed by atoms with Gasteiger partial charge in [-0.1, -0.05) is 56.2 Å². The van der Waals surface area contributed by atoms with E-state index in [-0.39, 0.29) is 16.7 Å². The van der Waals surface area contributed by atoms with Crippen molar-refractivity contribution in [3.63, 3.8) is 0 Å². The quantitative estimate of drug-likeness (QED) is 0.111. The molecule has 0 atom stereocenters. The molecule has 232 valence electrons. The summed E-state index contributed by atoms with van der Waals surface area (Å²) in [6.45, 7) is 2.11. The molecular formula is C36H26F8O. The monoisotopic (exact) mass is 626 g/mol. The molecule has 0 radical (unpaired) electrons. The van der Waals surface area contributed by atoms with E-state index in [1.54, 1.807) is 12.1 Å². The number of benzene rings is 5. The lowest BCUT2D eigenvalue weighted by Gasteiger charge is -2.20. The first-order valence-electron chi connectivity index (χ1n) is 14.2. The number of rotatable bonds is 10. The number of unbranched alkanes of at least 4 members (excludes halogenated alkanes) is 2. The molecule has 0 heterocycles. The number of halogens is 8. The van der Waals surface area contributed by atoms with Crippen molar-refractivity contribution in [3.05, 3.63) is 137 Å². The SMILES string of the molecule is CCCCCc1ccc(-c2ccc(C(F)(F)Oc3ccc(-c4cc(F)c(-c5ccc(F)c(F)c5)c(F)c4)c(F)c3)c(F)c2)cc1. The lowest BCUT2D eigenvalue weighted by molar-refractivity contribution is -0.187. The highest BCUT2D eigenvalue weighted by Gasteiger charge is 2.38. The Morgan fingerprint density at radius 2 is 1.16 bits per heavy atom. The van der Waals surface area contributed by atoms with E-state index in [1.165, 1.54) is 6.07 Å². The summed E-state index contributed by atoms with van der Waals surface area (Å²) >= 11 is 0. The molecule has 0 aliphatic carbocycles. The number of hydrogen-bond donors (Lipinski definition) is 0. The van der Waals surface area contributed by atoms with Crippen molar-refractivity contribution < 1.29 is 39.9 Å². The standard InChI is InChI=1S/C36H26F8O/c1-2-3-4-5-21-6-8-22(9-7-21)23-10-14-28(31(39)16-23)36(43,44)45-26-12-13-27(30(38)20-26)25-18-33(41)35(34(42)19-25)24-11-15-29(37)32(40)17-24/h6-20H,2-5H2,1H3. The van der Waals surface area contributed by atoms with Gasteiger partial charge in [0.1, 0.15) is 29.0 Å². The zero-order valence-electron chi connectivity index (χ0n) is 23.9. The Kier molecular flexibility index (Phi) is 9.27. The number of alkyl halides is 2. The molecule has 0 fully saturated rings. The van der Waals surface area contributed by atoms with E-state index in [2.05, 4.69) is 11.7 Å². The van der Waals surface area contributed by atoms with Crippen LogP contribution >= 0.6 is 0 Å². The van der Waals surface area contributed by atoms with Crippen LogP contribution in [0.3, 0.4) is 0 Å². The van der Waals surface area contributed by atoms with E-state index in [4.69, 9.17) is 0 Å². The normalized spacial score (nSPS) is 11.6. The third-order valence-electron chi connectivity index (χ3n) is 7.39. The van der Waals surface area contributed by atoms with Crippen LogP contribution < -0.4 is 4.74 Å². The molecule has 0 aliphatic heterocycles. The Balaban J connectivity index is 1.33. The van der Waals surface area contributed by atoms with E-state index in [9.17, 15) is 26.3 Å². The van der Waals surface area contributed by atoms with Gasteiger partial charge in [-0.2, -0.15) is 8.78 Å². The van der Waals surface area contributed by atoms with E-state index in [1.807, 2.05) is 12.1 Å². The molecule has 9 heteroatoms. The predicted octanol–water partition coefficient (Wildman–Crippen LogP) is 11.4. The lowest BCUT2D eigenvalue weighted by Crippen LogP contribution is -2.23. The van der Waals surface area contributed by atoms with Gasteiger partial charge in [0.05, 0.1) is 11.1 Å². The first kappa shape index (κ1) is 31.8. The van der Waals surface area contributed by atoms with Gasteiger partial charge in [0.15, 0.2) is 11.6 Å². The maximum atomic E-state index is 15.0. The van der Waals surface area contributed by atoms with E-state index >= 15 is 8.78 Å². The number of hydrogen-bond acceptors (Lipinski definition) is 1. The summed E-state index contributed by atoms with van der Waals surface area (Å²) in [5.41, 5.74) is -0.497. The topological polar surface area (TPSA) is 9.23 Å². The maximum absolute atomic E-state index is 15.0. The fraction of sp³-hybridized carbons (Fsp3) is 0.167. The first-order valence-corrected chi connectivity index (χ1v) is 14.2. The molecule has 0 spiro atoms. The lowest BCUT2D eigenvalue weighted by atomic mass is 9.98. The Labute approximate surface area is 254 Å². The molecule has 5 aromatic carbocycles. The van der Waals surface area contributed by atoms with Gasteiger partial charge < -0.3 is 4.74 Å². The van der Waals surface area contributed by atoms with Crippen molar-refractivity contribution in [2.45, 2.75) is 38.7 Å².